The van der Waals surface area contributed by atoms with Crippen LogP contribution in [0.3, 0.4) is 0 Å². The van der Waals surface area contributed by atoms with E-state index in [0.29, 0.717) is 13.1 Å². The molecule has 0 saturated carbocycles. The number of sulfonamides is 1. The number of ether oxygens (including phenoxy) is 2. The molecule has 3 aromatic carbocycles. The number of anilines is 1. The Labute approximate surface area is 246 Å². The van der Waals surface area contributed by atoms with E-state index in [1.165, 1.54) is 0 Å². The van der Waals surface area contributed by atoms with Gasteiger partial charge in [0.05, 0.1) is 31.1 Å². The average Bonchev–Trinajstić information content (AvgIpc) is 3.32. The van der Waals surface area contributed by atoms with Gasteiger partial charge in [-0.2, -0.15) is 9.40 Å². The third kappa shape index (κ3) is 5.43. The minimum atomic E-state index is -3.63. The van der Waals surface area contributed by atoms with Crippen LogP contribution < -0.4 is 14.4 Å². The van der Waals surface area contributed by atoms with Crippen LogP contribution in [0.4, 0.5) is 5.82 Å². The molecule has 1 aliphatic heterocycles. The molecule has 5 aromatic rings. The van der Waals surface area contributed by atoms with Crippen molar-refractivity contribution in [2.75, 3.05) is 32.2 Å². The molecular weight excluding hydrogens is 550 g/mol. The average molecular weight is 584 g/mol. The van der Waals surface area contributed by atoms with E-state index in [0.717, 1.165) is 50.7 Å². The Morgan fingerprint density at radius 3 is 1.98 bits per heavy atom. The highest BCUT2D eigenvalue weighted by atomic mass is 32.2. The molecule has 0 radical (unpaired) electrons. The first kappa shape index (κ1) is 27.7. The van der Waals surface area contributed by atoms with Crippen molar-refractivity contribution in [3.8, 4) is 17.2 Å². The van der Waals surface area contributed by atoms with Gasteiger partial charge in [0.2, 0.25) is 10.0 Å². The molecule has 0 N–H and O–H groups in total. The molecule has 1 aliphatic rings. The number of hydrogen-bond donors (Lipinski definition) is 0. The maximum Gasteiger partial charge on any atom is 0.221 e. The number of aryl methyl sites for hydroxylation is 1. The van der Waals surface area contributed by atoms with Crippen molar-refractivity contribution in [3.05, 3.63) is 108 Å². The molecule has 1 saturated heterocycles. The van der Waals surface area contributed by atoms with Gasteiger partial charge in [0.25, 0.3) is 0 Å². The van der Waals surface area contributed by atoms with Crippen LogP contribution in [0.25, 0.3) is 16.6 Å². The van der Waals surface area contributed by atoms with Crippen molar-refractivity contribution in [2.45, 2.75) is 25.3 Å². The third-order valence-corrected chi connectivity index (χ3v) is 9.89. The Kier molecular flexibility index (Phi) is 7.57. The summed E-state index contributed by atoms with van der Waals surface area (Å²) in [5, 5.41) is 5.23. The molecule has 6 rings (SSSR count). The van der Waals surface area contributed by atoms with Crippen LogP contribution >= 0.6 is 0 Å². The lowest BCUT2D eigenvalue weighted by atomic mass is 10.2. The Bertz CT molecular complexity index is 1730. The Balaban J connectivity index is 1.21. The lowest BCUT2D eigenvalue weighted by Crippen LogP contribution is -2.58. The lowest BCUT2D eigenvalue weighted by Gasteiger charge is -2.41. The Morgan fingerprint density at radius 1 is 0.857 bits per heavy atom. The number of para-hydroxylation sites is 1. The number of aromatic nitrogens is 3. The van der Waals surface area contributed by atoms with E-state index in [1.807, 2.05) is 108 Å². The fourth-order valence-corrected chi connectivity index (χ4v) is 7.03. The van der Waals surface area contributed by atoms with Crippen LogP contribution in [0.2, 0.25) is 0 Å². The SMILES string of the molecule is COc1ccc(CN(Cc2ccc(OC)cc2)S(=O)(=O)C2CN(c3cc4nn(-c5ccccc5)c(C)c4cn3)C2)cc1. The van der Waals surface area contributed by atoms with Crippen LogP contribution in [-0.4, -0.2) is 60.0 Å². The highest BCUT2D eigenvalue weighted by Crippen LogP contribution is 2.30. The van der Waals surface area contributed by atoms with Gasteiger partial charge in [-0.05, 0) is 54.4 Å². The molecule has 2 aromatic heterocycles. The van der Waals surface area contributed by atoms with Crippen molar-refractivity contribution in [1.82, 2.24) is 19.1 Å². The number of pyridine rings is 1. The number of nitrogens with zero attached hydrogens (tertiary/aromatic N) is 5. The smallest absolute Gasteiger partial charge is 0.221 e. The molecule has 10 heteroatoms. The maximum atomic E-state index is 14.0. The summed E-state index contributed by atoms with van der Waals surface area (Å²) >= 11 is 0. The minimum absolute atomic E-state index is 0.259. The molecular formula is C32H33N5O4S. The summed E-state index contributed by atoms with van der Waals surface area (Å²) in [6, 6.07) is 26.9. The summed E-state index contributed by atoms with van der Waals surface area (Å²) < 4.78 is 42.0. The van der Waals surface area contributed by atoms with Gasteiger partial charge in [0.15, 0.2) is 0 Å². The summed E-state index contributed by atoms with van der Waals surface area (Å²) in [4.78, 5) is 6.66. The van der Waals surface area contributed by atoms with Crippen molar-refractivity contribution in [1.29, 1.82) is 0 Å². The van der Waals surface area contributed by atoms with E-state index in [9.17, 15) is 8.42 Å². The van der Waals surface area contributed by atoms with Crippen LogP contribution in [0.1, 0.15) is 16.8 Å². The number of fused-ring (bicyclic) bond motifs is 1. The molecule has 1 fully saturated rings. The van der Waals surface area contributed by atoms with Crippen LogP contribution in [0, 0.1) is 6.92 Å². The first-order valence-corrected chi connectivity index (χ1v) is 15.3. The molecule has 216 valence electrons. The normalized spacial score (nSPS) is 13.9. The second kappa shape index (κ2) is 11.5. The molecule has 42 heavy (non-hydrogen) atoms. The predicted octanol–water partition coefficient (Wildman–Crippen LogP) is 4.97. The zero-order chi connectivity index (χ0) is 29.3. The summed E-state index contributed by atoms with van der Waals surface area (Å²) in [7, 11) is -0.409. The van der Waals surface area contributed by atoms with E-state index in [4.69, 9.17) is 14.6 Å². The fourth-order valence-electron chi connectivity index (χ4n) is 5.22. The van der Waals surface area contributed by atoms with E-state index in [2.05, 4.69) is 4.98 Å². The second-order valence-corrected chi connectivity index (χ2v) is 12.6. The minimum Gasteiger partial charge on any atom is -0.497 e. The quantitative estimate of drug-likeness (QED) is 0.229. The number of benzene rings is 3. The highest BCUT2D eigenvalue weighted by molar-refractivity contribution is 7.89. The van der Waals surface area contributed by atoms with Gasteiger partial charge >= 0.3 is 0 Å². The molecule has 0 spiro atoms. The largest absolute Gasteiger partial charge is 0.497 e. The standard InChI is InChI=1S/C32H33N5O4S/c1-23-30-18-33-32(17-31(30)34-37(23)26-7-5-4-6-8-26)35-21-29(22-35)42(38,39)36(19-24-9-13-27(40-2)14-10-24)20-25-11-15-28(41-3)16-12-25/h4-18,29H,19-22H2,1-3H3. The van der Waals surface area contributed by atoms with Gasteiger partial charge in [0, 0.05) is 43.8 Å². The third-order valence-electron chi connectivity index (χ3n) is 7.77. The van der Waals surface area contributed by atoms with Gasteiger partial charge in [-0.3, -0.25) is 0 Å². The van der Waals surface area contributed by atoms with Crippen LogP contribution in [-0.2, 0) is 23.1 Å². The highest BCUT2D eigenvalue weighted by Gasteiger charge is 2.41. The summed E-state index contributed by atoms with van der Waals surface area (Å²) in [6.45, 7) is 3.27. The van der Waals surface area contributed by atoms with Crippen molar-refractivity contribution >= 4 is 26.7 Å². The predicted molar refractivity (Wildman–Crippen MR) is 164 cm³/mol. The van der Waals surface area contributed by atoms with E-state index in [1.54, 1.807) is 18.5 Å². The van der Waals surface area contributed by atoms with Gasteiger partial charge in [-0.25, -0.2) is 18.1 Å². The monoisotopic (exact) mass is 583 g/mol. The summed E-state index contributed by atoms with van der Waals surface area (Å²) in [5.41, 5.74) is 4.60. The topological polar surface area (TPSA) is 89.8 Å². The number of rotatable bonds is 10. The lowest BCUT2D eigenvalue weighted by molar-refractivity contribution is 0.383. The van der Waals surface area contributed by atoms with E-state index >= 15 is 0 Å². The molecule has 0 aliphatic carbocycles. The molecule has 0 amide bonds. The van der Waals surface area contributed by atoms with Crippen LogP contribution in [0.15, 0.2) is 91.1 Å². The molecule has 9 nitrogen and oxygen atoms in total. The summed E-state index contributed by atoms with van der Waals surface area (Å²) in [5.74, 6) is 2.18. The van der Waals surface area contributed by atoms with Gasteiger partial charge in [0.1, 0.15) is 22.6 Å². The van der Waals surface area contributed by atoms with Crippen molar-refractivity contribution < 1.29 is 17.9 Å². The fraction of sp³-hybridized carbons (Fsp3) is 0.250. The van der Waals surface area contributed by atoms with Gasteiger partial charge < -0.3 is 14.4 Å². The Morgan fingerprint density at radius 2 is 1.43 bits per heavy atom. The van der Waals surface area contributed by atoms with E-state index < -0.39 is 15.3 Å². The van der Waals surface area contributed by atoms with Gasteiger partial charge in [-0.15, -0.1) is 0 Å². The Hall–Kier alpha value is -4.41. The molecule has 3 heterocycles. The van der Waals surface area contributed by atoms with Crippen molar-refractivity contribution in [2.24, 2.45) is 0 Å². The maximum absolute atomic E-state index is 14.0. The van der Waals surface area contributed by atoms with Crippen molar-refractivity contribution in [3.63, 3.8) is 0 Å². The van der Waals surface area contributed by atoms with Gasteiger partial charge in [-0.1, -0.05) is 42.5 Å². The summed E-state index contributed by atoms with van der Waals surface area (Å²) in [6.07, 6.45) is 1.83. The first-order chi connectivity index (χ1) is 20.4. The second-order valence-electron chi connectivity index (χ2n) is 10.4. The number of hydrogen-bond acceptors (Lipinski definition) is 7. The zero-order valence-electron chi connectivity index (χ0n) is 23.8. The van der Waals surface area contributed by atoms with Crippen LogP contribution in [0.5, 0.6) is 11.5 Å². The molecule has 0 atom stereocenters. The molecule has 0 bridgehead atoms. The van der Waals surface area contributed by atoms with E-state index in [-0.39, 0.29) is 13.1 Å². The zero-order valence-corrected chi connectivity index (χ0v) is 24.7. The molecule has 0 unspecified atom stereocenters. The first-order valence-electron chi connectivity index (χ1n) is 13.8. The number of methoxy groups -OCH3 is 2.